The lowest BCUT2D eigenvalue weighted by Gasteiger charge is -2.25. The number of ether oxygens (including phenoxy) is 1. The molecule has 0 saturated heterocycles. The van der Waals surface area contributed by atoms with E-state index in [2.05, 4.69) is 56.9 Å². The molecule has 8 heteroatoms. The highest BCUT2D eigenvalue weighted by molar-refractivity contribution is 5.70. The van der Waals surface area contributed by atoms with Gasteiger partial charge in [0.05, 0.1) is 26.3 Å². The van der Waals surface area contributed by atoms with Crippen LogP contribution in [0.25, 0.3) is 0 Å². The summed E-state index contributed by atoms with van der Waals surface area (Å²) in [7, 11) is 1.67. The number of hydrogen-bond donors (Lipinski definition) is 3. The van der Waals surface area contributed by atoms with Gasteiger partial charge in [-0.2, -0.15) is 0 Å². The van der Waals surface area contributed by atoms with Gasteiger partial charge in [0.2, 0.25) is 0 Å². The topological polar surface area (TPSA) is 99.3 Å². The van der Waals surface area contributed by atoms with E-state index in [-0.39, 0.29) is 18.6 Å². The van der Waals surface area contributed by atoms with Gasteiger partial charge in [0.1, 0.15) is 11.5 Å². The Hall–Kier alpha value is -3.62. The van der Waals surface area contributed by atoms with E-state index < -0.39 is 5.97 Å². The van der Waals surface area contributed by atoms with Crippen LogP contribution in [-0.2, 0) is 17.8 Å². The Bertz CT molecular complexity index is 1080. The van der Waals surface area contributed by atoms with Gasteiger partial charge in [-0.3, -0.25) is 20.0 Å². The van der Waals surface area contributed by atoms with Gasteiger partial charge in [0, 0.05) is 37.5 Å². The molecule has 8 nitrogen and oxygen atoms in total. The summed E-state index contributed by atoms with van der Waals surface area (Å²) in [6, 6.07) is 20.1. The molecule has 1 aromatic heterocycles. The molecule has 35 heavy (non-hydrogen) atoms. The van der Waals surface area contributed by atoms with E-state index in [4.69, 9.17) is 14.3 Å². The fourth-order valence-corrected chi connectivity index (χ4v) is 4.04. The van der Waals surface area contributed by atoms with Crippen molar-refractivity contribution in [2.45, 2.75) is 31.6 Å². The Morgan fingerprint density at radius 2 is 1.97 bits per heavy atom. The second-order valence-corrected chi connectivity index (χ2v) is 8.58. The minimum absolute atomic E-state index is 0.109. The first-order valence-electron chi connectivity index (χ1n) is 11.8. The molecule has 1 aliphatic rings. The van der Waals surface area contributed by atoms with Crippen molar-refractivity contribution in [3.05, 3.63) is 83.8 Å². The molecule has 3 N–H and O–H groups in total. The van der Waals surface area contributed by atoms with Gasteiger partial charge < -0.3 is 19.6 Å². The van der Waals surface area contributed by atoms with Crippen LogP contribution in [0, 0.1) is 0 Å². The molecule has 0 fully saturated rings. The van der Waals surface area contributed by atoms with Crippen LogP contribution in [0.3, 0.4) is 0 Å². The maximum Gasteiger partial charge on any atom is 0.304 e. The molecular formula is C27H32N4O4. The number of carbonyl (C=O) groups is 1. The number of nitrogens with one attached hydrogen (secondary N) is 2. The van der Waals surface area contributed by atoms with Crippen LogP contribution in [0.2, 0.25) is 0 Å². The first-order chi connectivity index (χ1) is 17.1. The molecule has 0 spiro atoms. The zero-order chi connectivity index (χ0) is 24.5. The van der Waals surface area contributed by atoms with Gasteiger partial charge in [0.15, 0.2) is 6.29 Å². The molecule has 0 amide bonds. The van der Waals surface area contributed by atoms with Gasteiger partial charge in [-0.05, 0) is 53.9 Å². The van der Waals surface area contributed by atoms with E-state index >= 15 is 0 Å². The van der Waals surface area contributed by atoms with Gasteiger partial charge in [-0.1, -0.05) is 24.3 Å². The average molecular weight is 477 g/mol. The predicted octanol–water partition coefficient (Wildman–Crippen LogP) is 3.96. The zero-order valence-electron chi connectivity index (χ0n) is 19.9. The fourth-order valence-electron chi connectivity index (χ4n) is 4.04. The number of anilines is 1. The van der Waals surface area contributed by atoms with Gasteiger partial charge in [-0.15, -0.1) is 0 Å². The van der Waals surface area contributed by atoms with Gasteiger partial charge >= 0.3 is 5.97 Å². The SMILES string of the molecule is COc1ccc(C2C=NC(Nc3ccc(CCN(CCC(=O)O)Cc4ccco4)cc3)NC2)cc1. The van der Waals surface area contributed by atoms with Crippen LogP contribution in [0.1, 0.15) is 29.2 Å². The number of benzene rings is 2. The number of methoxy groups -OCH3 is 1. The number of nitrogens with zero attached hydrogens (tertiary/aromatic N) is 2. The molecule has 0 bridgehead atoms. The third-order valence-corrected chi connectivity index (χ3v) is 6.07. The molecule has 3 aromatic rings. The van der Waals surface area contributed by atoms with E-state index in [1.54, 1.807) is 13.4 Å². The number of carboxylic acids is 1. The Labute approximate surface area is 205 Å². The smallest absolute Gasteiger partial charge is 0.304 e. The molecule has 4 rings (SSSR count). The maximum atomic E-state index is 11.0. The quantitative estimate of drug-likeness (QED) is 0.364. The highest BCUT2D eigenvalue weighted by atomic mass is 16.5. The van der Waals surface area contributed by atoms with E-state index in [1.807, 2.05) is 30.5 Å². The molecule has 184 valence electrons. The number of rotatable bonds is 12. The summed E-state index contributed by atoms with van der Waals surface area (Å²) < 4.78 is 10.7. The van der Waals surface area contributed by atoms with Crippen LogP contribution in [0.15, 0.2) is 76.3 Å². The van der Waals surface area contributed by atoms with Crippen molar-refractivity contribution in [1.82, 2.24) is 10.2 Å². The molecule has 2 heterocycles. The summed E-state index contributed by atoms with van der Waals surface area (Å²) >= 11 is 0. The summed E-state index contributed by atoms with van der Waals surface area (Å²) in [6.07, 6.45) is 4.40. The number of furan rings is 1. The largest absolute Gasteiger partial charge is 0.497 e. The summed E-state index contributed by atoms with van der Waals surface area (Å²) in [5, 5.41) is 15.9. The molecule has 2 aromatic carbocycles. The molecule has 0 radical (unpaired) electrons. The van der Waals surface area contributed by atoms with Crippen molar-refractivity contribution in [2.24, 2.45) is 4.99 Å². The van der Waals surface area contributed by atoms with Crippen molar-refractivity contribution >= 4 is 17.9 Å². The monoisotopic (exact) mass is 476 g/mol. The lowest BCUT2D eigenvalue weighted by Crippen LogP contribution is -2.41. The Kier molecular flexibility index (Phi) is 8.53. The highest BCUT2D eigenvalue weighted by Crippen LogP contribution is 2.20. The Balaban J connectivity index is 1.27. The van der Waals surface area contributed by atoms with Gasteiger partial charge in [0.25, 0.3) is 0 Å². The van der Waals surface area contributed by atoms with E-state index in [0.29, 0.717) is 13.1 Å². The third kappa shape index (κ3) is 7.43. The second kappa shape index (κ2) is 12.2. The van der Waals surface area contributed by atoms with Crippen LogP contribution >= 0.6 is 0 Å². The maximum absolute atomic E-state index is 11.0. The fraction of sp³-hybridized carbons (Fsp3) is 0.333. The molecule has 1 aliphatic heterocycles. The van der Waals surface area contributed by atoms with E-state index in [1.165, 1.54) is 11.1 Å². The summed E-state index contributed by atoms with van der Waals surface area (Å²) in [5.74, 6) is 1.12. The lowest BCUT2D eigenvalue weighted by molar-refractivity contribution is -0.137. The first-order valence-corrected chi connectivity index (χ1v) is 11.8. The Morgan fingerprint density at radius 3 is 2.60 bits per heavy atom. The molecule has 2 atom stereocenters. The van der Waals surface area contributed by atoms with E-state index in [0.717, 1.165) is 36.7 Å². The van der Waals surface area contributed by atoms with Crippen LogP contribution in [0.4, 0.5) is 5.69 Å². The summed E-state index contributed by atoms with van der Waals surface area (Å²) in [4.78, 5) is 17.8. The van der Waals surface area contributed by atoms with Crippen molar-refractivity contribution in [3.8, 4) is 5.75 Å². The summed E-state index contributed by atoms with van der Waals surface area (Å²) in [6.45, 7) is 2.64. The molecule has 2 unspecified atom stereocenters. The molecule has 0 saturated carbocycles. The highest BCUT2D eigenvalue weighted by Gasteiger charge is 2.17. The standard InChI is InChI=1S/C27H32N4O4/c1-34-24-10-6-21(7-11-24)22-17-28-27(29-18-22)30-23-8-4-20(5-9-23)12-14-31(15-13-26(32)33)19-25-3-2-16-35-25/h2-11,16-17,22,27,29-30H,12-15,18-19H2,1H3,(H,32,33). The predicted molar refractivity (Wildman–Crippen MR) is 136 cm³/mol. The lowest BCUT2D eigenvalue weighted by atomic mass is 9.99. The molecule has 0 aliphatic carbocycles. The normalized spacial score (nSPS) is 17.4. The first kappa shape index (κ1) is 24.5. The third-order valence-electron chi connectivity index (χ3n) is 6.07. The number of carboxylic acid groups (broad SMARTS) is 1. The minimum atomic E-state index is -0.792. The number of aliphatic imine (C=N–C) groups is 1. The Morgan fingerprint density at radius 1 is 1.17 bits per heavy atom. The van der Waals surface area contributed by atoms with Crippen LogP contribution < -0.4 is 15.4 Å². The molecular weight excluding hydrogens is 444 g/mol. The van der Waals surface area contributed by atoms with Crippen molar-refractivity contribution in [3.63, 3.8) is 0 Å². The average Bonchev–Trinajstić information content (AvgIpc) is 3.40. The summed E-state index contributed by atoms with van der Waals surface area (Å²) in [5.41, 5.74) is 3.38. The zero-order valence-corrected chi connectivity index (χ0v) is 19.9. The van der Waals surface area contributed by atoms with Gasteiger partial charge in [-0.25, -0.2) is 0 Å². The van der Waals surface area contributed by atoms with Crippen LogP contribution in [-0.4, -0.2) is 55.2 Å². The van der Waals surface area contributed by atoms with Crippen molar-refractivity contribution in [1.29, 1.82) is 0 Å². The van der Waals surface area contributed by atoms with E-state index in [9.17, 15) is 4.79 Å². The second-order valence-electron chi connectivity index (χ2n) is 8.58. The number of hydrogen-bond acceptors (Lipinski definition) is 7. The van der Waals surface area contributed by atoms with Crippen molar-refractivity contribution < 1.29 is 19.1 Å². The number of aliphatic carboxylic acids is 1. The van der Waals surface area contributed by atoms with Crippen LogP contribution in [0.5, 0.6) is 5.75 Å². The minimum Gasteiger partial charge on any atom is -0.497 e. The van der Waals surface area contributed by atoms with Crippen molar-refractivity contribution in [2.75, 3.05) is 32.1 Å².